The van der Waals surface area contributed by atoms with Crippen LogP contribution in [0.2, 0.25) is 5.02 Å². The molecule has 14 heavy (non-hydrogen) atoms. The molecule has 0 fully saturated rings. The molecule has 1 aromatic carbocycles. The van der Waals surface area contributed by atoms with Gasteiger partial charge < -0.3 is 0 Å². The molecule has 1 nitrogen and oxygen atoms in total. The molecule has 1 heterocycles. The monoisotopic (exact) mass is 207 g/mol. The Kier molecular flexibility index (Phi) is 2.15. The Morgan fingerprint density at radius 1 is 1.29 bits per heavy atom. The number of benzene rings is 1. The van der Waals surface area contributed by atoms with Crippen LogP contribution in [-0.2, 0) is 11.8 Å². The van der Waals surface area contributed by atoms with E-state index >= 15 is 0 Å². The van der Waals surface area contributed by atoms with E-state index in [9.17, 15) is 0 Å². The molecule has 0 amide bonds. The molecule has 0 saturated carbocycles. The van der Waals surface area contributed by atoms with Gasteiger partial charge in [0.25, 0.3) is 0 Å². The van der Waals surface area contributed by atoms with Crippen molar-refractivity contribution in [3.8, 4) is 0 Å². The molecule has 0 spiro atoms. The van der Waals surface area contributed by atoms with Crippen LogP contribution >= 0.6 is 11.6 Å². The zero-order valence-electron chi connectivity index (χ0n) is 8.76. The van der Waals surface area contributed by atoms with Gasteiger partial charge in [0, 0.05) is 23.2 Å². The summed E-state index contributed by atoms with van der Waals surface area (Å²) < 4.78 is 0. The van der Waals surface area contributed by atoms with Gasteiger partial charge in [-0.2, -0.15) is 0 Å². The van der Waals surface area contributed by atoms with Gasteiger partial charge in [-0.1, -0.05) is 38.4 Å². The first-order valence-corrected chi connectivity index (χ1v) is 5.22. The van der Waals surface area contributed by atoms with Crippen molar-refractivity contribution < 1.29 is 0 Å². The first kappa shape index (κ1) is 9.72. The van der Waals surface area contributed by atoms with Gasteiger partial charge in [0.05, 0.1) is 5.69 Å². The average molecular weight is 208 g/mol. The van der Waals surface area contributed by atoms with Gasteiger partial charge >= 0.3 is 0 Å². The molecule has 1 aliphatic heterocycles. The summed E-state index contributed by atoms with van der Waals surface area (Å²) in [5.74, 6) is 0. The van der Waals surface area contributed by atoms with E-state index in [1.165, 1.54) is 11.1 Å². The van der Waals surface area contributed by atoms with Crippen molar-refractivity contribution in [3.63, 3.8) is 0 Å². The van der Waals surface area contributed by atoms with Crippen molar-refractivity contribution in [2.75, 3.05) is 0 Å². The Morgan fingerprint density at radius 2 is 2.00 bits per heavy atom. The standard InChI is InChI=1S/C12H14ClN/c1-12(2,3)10-9(13)5-4-8-6-7-14-11(8)10/h4-5,7H,6H2,1-3H3. The highest BCUT2D eigenvalue weighted by molar-refractivity contribution is 6.32. The lowest BCUT2D eigenvalue weighted by molar-refractivity contribution is 0.591. The predicted octanol–water partition coefficient (Wildman–Crippen LogP) is 3.90. The highest BCUT2D eigenvalue weighted by atomic mass is 35.5. The minimum Gasteiger partial charge on any atom is -0.260 e. The molecule has 0 aromatic heterocycles. The summed E-state index contributed by atoms with van der Waals surface area (Å²) in [5, 5.41) is 0.829. The second kappa shape index (κ2) is 3.09. The molecular weight excluding hydrogens is 194 g/mol. The Hall–Kier alpha value is -0.820. The lowest BCUT2D eigenvalue weighted by Crippen LogP contribution is -2.12. The van der Waals surface area contributed by atoms with Gasteiger partial charge in [-0.25, -0.2) is 0 Å². The molecule has 2 heteroatoms. The van der Waals surface area contributed by atoms with Gasteiger partial charge in [-0.15, -0.1) is 0 Å². The summed E-state index contributed by atoms with van der Waals surface area (Å²) in [4.78, 5) is 4.42. The highest BCUT2D eigenvalue weighted by Crippen LogP contribution is 2.41. The smallest absolute Gasteiger partial charge is 0.0713 e. The number of fused-ring (bicyclic) bond motifs is 1. The van der Waals surface area contributed by atoms with Crippen molar-refractivity contribution in [3.05, 3.63) is 28.3 Å². The third-order valence-electron chi connectivity index (χ3n) is 2.49. The van der Waals surface area contributed by atoms with Gasteiger partial charge in [-0.3, -0.25) is 4.99 Å². The predicted molar refractivity (Wildman–Crippen MR) is 62.0 cm³/mol. The average Bonchev–Trinajstić information content (AvgIpc) is 2.48. The summed E-state index contributed by atoms with van der Waals surface area (Å²) in [6.07, 6.45) is 2.89. The van der Waals surface area contributed by atoms with Crippen LogP contribution in [0.3, 0.4) is 0 Å². The zero-order valence-corrected chi connectivity index (χ0v) is 9.52. The molecule has 0 unspecified atom stereocenters. The van der Waals surface area contributed by atoms with E-state index in [2.05, 4.69) is 31.8 Å². The number of hydrogen-bond acceptors (Lipinski definition) is 1. The third kappa shape index (κ3) is 1.46. The Morgan fingerprint density at radius 3 is 2.64 bits per heavy atom. The summed E-state index contributed by atoms with van der Waals surface area (Å²) >= 11 is 6.22. The summed E-state index contributed by atoms with van der Waals surface area (Å²) in [7, 11) is 0. The van der Waals surface area contributed by atoms with Gasteiger partial charge in [0.2, 0.25) is 0 Å². The minimum absolute atomic E-state index is 0.0596. The Balaban J connectivity index is 2.69. The van der Waals surface area contributed by atoms with Crippen molar-refractivity contribution in [1.29, 1.82) is 0 Å². The van der Waals surface area contributed by atoms with E-state index in [4.69, 9.17) is 11.6 Å². The quantitative estimate of drug-likeness (QED) is 0.612. The highest BCUT2D eigenvalue weighted by Gasteiger charge is 2.24. The fourth-order valence-corrected chi connectivity index (χ4v) is 2.31. The van der Waals surface area contributed by atoms with Crippen molar-refractivity contribution >= 4 is 23.5 Å². The van der Waals surface area contributed by atoms with Crippen molar-refractivity contribution in [1.82, 2.24) is 0 Å². The van der Waals surface area contributed by atoms with Gasteiger partial charge in [0.1, 0.15) is 0 Å². The fourth-order valence-electron chi connectivity index (χ4n) is 1.87. The largest absolute Gasteiger partial charge is 0.260 e. The molecule has 0 aliphatic carbocycles. The van der Waals surface area contributed by atoms with Crippen LogP contribution in [0, 0.1) is 0 Å². The van der Waals surface area contributed by atoms with Gasteiger partial charge in [-0.05, 0) is 17.0 Å². The van der Waals surface area contributed by atoms with Crippen LogP contribution in [-0.4, -0.2) is 6.21 Å². The van der Waals surface area contributed by atoms with Crippen LogP contribution in [0.25, 0.3) is 0 Å². The lowest BCUT2D eigenvalue weighted by Gasteiger charge is -2.22. The first-order chi connectivity index (χ1) is 6.50. The summed E-state index contributed by atoms with van der Waals surface area (Å²) in [6.45, 7) is 6.51. The number of aliphatic imine (C=N–C) groups is 1. The molecule has 0 atom stereocenters. The van der Waals surface area contributed by atoms with E-state index < -0.39 is 0 Å². The molecule has 2 rings (SSSR count). The van der Waals surface area contributed by atoms with Crippen LogP contribution in [0.1, 0.15) is 31.9 Å². The maximum Gasteiger partial charge on any atom is 0.0713 e. The maximum atomic E-state index is 6.22. The van der Waals surface area contributed by atoms with Crippen LogP contribution in [0.15, 0.2) is 17.1 Å². The number of hydrogen-bond donors (Lipinski definition) is 0. The fraction of sp³-hybridized carbons (Fsp3) is 0.417. The molecule has 0 N–H and O–H groups in total. The normalized spacial score (nSPS) is 14.6. The Labute approximate surface area is 89.8 Å². The molecule has 1 aliphatic rings. The lowest BCUT2D eigenvalue weighted by atomic mass is 9.84. The second-order valence-corrected chi connectivity index (χ2v) is 5.10. The molecule has 0 bridgehead atoms. The maximum absolute atomic E-state index is 6.22. The molecular formula is C12H14ClN. The van der Waals surface area contributed by atoms with Crippen LogP contribution in [0.5, 0.6) is 0 Å². The molecule has 0 saturated heterocycles. The van der Waals surface area contributed by atoms with Crippen molar-refractivity contribution in [2.45, 2.75) is 32.6 Å². The number of rotatable bonds is 0. The summed E-state index contributed by atoms with van der Waals surface area (Å²) in [5.41, 5.74) is 3.61. The van der Waals surface area contributed by atoms with E-state index in [0.717, 1.165) is 17.1 Å². The topological polar surface area (TPSA) is 12.4 Å². The zero-order chi connectivity index (χ0) is 10.3. The molecule has 1 aromatic rings. The summed E-state index contributed by atoms with van der Waals surface area (Å²) in [6, 6.07) is 4.05. The van der Waals surface area contributed by atoms with E-state index in [1.54, 1.807) is 0 Å². The number of nitrogens with zero attached hydrogens (tertiary/aromatic N) is 1. The molecule has 0 radical (unpaired) electrons. The number of halogens is 1. The van der Waals surface area contributed by atoms with E-state index in [1.807, 2.05) is 12.3 Å². The second-order valence-electron chi connectivity index (χ2n) is 4.70. The van der Waals surface area contributed by atoms with Gasteiger partial charge in [0.15, 0.2) is 0 Å². The van der Waals surface area contributed by atoms with Crippen LogP contribution in [0.4, 0.5) is 5.69 Å². The Bertz CT molecular complexity index is 400. The van der Waals surface area contributed by atoms with Crippen LogP contribution < -0.4 is 0 Å². The third-order valence-corrected chi connectivity index (χ3v) is 2.81. The van der Waals surface area contributed by atoms with E-state index in [0.29, 0.717) is 0 Å². The SMILES string of the molecule is CC(C)(C)c1c(Cl)ccc2c1N=CC2. The van der Waals surface area contributed by atoms with E-state index in [-0.39, 0.29) is 5.41 Å². The first-order valence-electron chi connectivity index (χ1n) is 4.84. The van der Waals surface area contributed by atoms with Crippen molar-refractivity contribution in [2.24, 2.45) is 4.99 Å². The minimum atomic E-state index is 0.0596. The molecule has 74 valence electrons.